The Hall–Kier alpha value is -3.64. The van der Waals surface area contributed by atoms with Crippen molar-refractivity contribution < 1.29 is 18.7 Å². The number of unbranched alkanes of at least 4 members (excludes halogenated alkanes) is 2. The molecule has 12 nitrogen and oxygen atoms in total. The number of imidazole rings is 1. The second kappa shape index (κ2) is 13.1. The summed E-state index contributed by atoms with van der Waals surface area (Å²) in [5.41, 5.74) is 6.96. The number of ether oxygens (including phenoxy) is 2. The predicted molar refractivity (Wildman–Crippen MR) is 155 cm³/mol. The van der Waals surface area contributed by atoms with Gasteiger partial charge in [0.2, 0.25) is 11.8 Å². The number of alkyl halides is 1. The Labute approximate surface area is 235 Å². The molecule has 1 atom stereocenters. The van der Waals surface area contributed by atoms with Crippen molar-refractivity contribution in [1.82, 2.24) is 24.8 Å². The number of aromatic nitrogens is 4. The molecule has 0 unspecified atom stereocenters. The van der Waals surface area contributed by atoms with E-state index in [0.717, 1.165) is 19.3 Å². The van der Waals surface area contributed by atoms with Crippen LogP contribution in [0.3, 0.4) is 0 Å². The molecule has 2 aromatic heterocycles. The van der Waals surface area contributed by atoms with Gasteiger partial charge in [-0.3, -0.25) is 4.99 Å². The molecule has 1 fully saturated rings. The molecule has 13 heteroatoms. The second-order valence-electron chi connectivity index (χ2n) is 11.8. The van der Waals surface area contributed by atoms with Crippen molar-refractivity contribution in [3.63, 3.8) is 0 Å². The van der Waals surface area contributed by atoms with E-state index in [4.69, 9.17) is 25.2 Å². The number of methoxy groups -OCH3 is 1. The zero-order valence-electron chi connectivity index (χ0n) is 24.8. The third kappa shape index (κ3) is 8.68. The van der Waals surface area contributed by atoms with Crippen LogP contribution in [0.25, 0.3) is 11.2 Å². The van der Waals surface area contributed by atoms with E-state index in [2.05, 4.69) is 41.4 Å². The highest BCUT2D eigenvalue weighted by atomic mass is 19.1. The molecular weight excluding hydrogens is 517 g/mol. The lowest BCUT2D eigenvalue weighted by Crippen LogP contribution is -2.32. The molecule has 40 heavy (non-hydrogen) atoms. The van der Waals surface area contributed by atoms with Crippen molar-refractivity contribution in [2.75, 3.05) is 43.5 Å². The third-order valence-corrected chi connectivity index (χ3v) is 6.11. The van der Waals surface area contributed by atoms with Crippen molar-refractivity contribution in [3.05, 3.63) is 17.9 Å². The van der Waals surface area contributed by atoms with E-state index < -0.39 is 17.9 Å². The van der Waals surface area contributed by atoms with Crippen LogP contribution in [0.1, 0.15) is 67.2 Å². The molecule has 3 heterocycles. The smallest absolute Gasteiger partial charge is 0.407 e. The molecule has 0 radical (unpaired) electrons. The summed E-state index contributed by atoms with van der Waals surface area (Å²) in [5, 5.41) is 5.98. The first-order valence-corrected chi connectivity index (χ1v) is 13.7. The Kier molecular flexibility index (Phi) is 10.2. The third-order valence-electron chi connectivity index (χ3n) is 6.11. The Bertz CT molecular complexity index is 1210. The highest BCUT2D eigenvalue weighted by Crippen LogP contribution is 2.29. The predicted octanol–water partition coefficient (Wildman–Crippen LogP) is 4.08. The SMILES string of the molecule is CO/C(N)=C(/C=NCCCCCNC(=O)OC(C)(C)C)Nc1nc(N2CC[C@H](F)C2)nc2c1ncn2C(C)(C)C. The van der Waals surface area contributed by atoms with Crippen molar-refractivity contribution in [2.45, 2.75) is 84.5 Å². The lowest BCUT2D eigenvalue weighted by molar-refractivity contribution is 0.0527. The fourth-order valence-electron chi connectivity index (χ4n) is 4.07. The van der Waals surface area contributed by atoms with Gasteiger partial charge in [-0.2, -0.15) is 9.97 Å². The normalized spacial score (nSPS) is 16.9. The number of allylic oxidation sites excluding steroid dienone is 1. The largest absolute Gasteiger partial charge is 0.481 e. The first kappa shape index (κ1) is 30.9. The number of anilines is 2. The zero-order valence-corrected chi connectivity index (χ0v) is 24.8. The number of carbonyl (C=O) groups is 1. The summed E-state index contributed by atoms with van der Waals surface area (Å²) in [6.45, 7) is 13.5. The standard InChI is InChI=1S/C27H44FN9O3/c1-26(2,3)37-17-32-20-22(34-24(35-23(20)37)36-14-11-18(28)16-36)33-19(21(29)39-7)15-30-12-9-8-10-13-31-25(38)40-27(4,5)6/h15,17-18H,8-14,16,29H2,1-7H3,(H,31,38)(H,33,34,35)/b21-19-,30-15?/t18-/m0/s1. The molecule has 222 valence electrons. The minimum absolute atomic E-state index is 0.138. The van der Waals surface area contributed by atoms with Gasteiger partial charge in [0, 0.05) is 25.2 Å². The molecular formula is C27H44FN9O3. The molecule has 1 amide bonds. The topological polar surface area (TPSA) is 145 Å². The van der Waals surface area contributed by atoms with Crippen LogP contribution in [0.5, 0.6) is 0 Å². The maximum absolute atomic E-state index is 14.0. The maximum Gasteiger partial charge on any atom is 0.407 e. The molecule has 0 bridgehead atoms. The minimum atomic E-state index is -0.914. The van der Waals surface area contributed by atoms with Gasteiger partial charge in [0.1, 0.15) is 17.5 Å². The number of hydrogen-bond donors (Lipinski definition) is 3. The highest BCUT2D eigenvalue weighted by Gasteiger charge is 2.27. The summed E-state index contributed by atoms with van der Waals surface area (Å²) >= 11 is 0. The van der Waals surface area contributed by atoms with E-state index in [9.17, 15) is 9.18 Å². The number of amides is 1. The van der Waals surface area contributed by atoms with Crippen LogP contribution in [0.2, 0.25) is 0 Å². The van der Waals surface area contributed by atoms with Crippen LogP contribution in [0.15, 0.2) is 22.9 Å². The van der Waals surface area contributed by atoms with E-state index in [1.165, 1.54) is 7.11 Å². The number of fused-ring (bicyclic) bond motifs is 1. The number of rotatable bonds is 11. The number of nitrogens with one attached hydrogen (secondary N) is 2. The van der Waals surface area contributed by atoms with Crippen molar-refractivity contribution in [2.24, 2.45) is 10.7 Å². The van der Waals surface area contributed by atoms with E-state index in [0.29, 0.717) is 54.7 Å². The van der Waals surface area contributed by atoms with Crippen LogP contribution < -0.4 is 21.3 Å². The first-order valence-electron chi connectivity index (χ1n) is 13.7. The molecule has 0 spiro atoms. The molecule has 1 aliphatic rings. The summed E-state index contributed by atoms with van der Waals surface area (Å²) in [5.74, 6) is 0.993. The van der Waals surface area contributed by atoms with Gasteiger partial charge in [-0.25, -0.2) is 14.2 Å². The Morgan fingerprint density at radius 3 is 2.60 bits per heavy atom. The van der Waals surface area contributed by atoms with Gasteiger partial charge in [-0.05, 0) is 67.2 Å². The van der Waals surface area contributed by atoms with Gasteiger partial charge in [-0.1, -0.05) is 0 Å². The lowest BCUT2D eigenvalue weighted by Gasteiger charge is -2.22. The van der Waals surface area contributed by atoms with Gasteiger partial charge in [0.15, 0.2) is 17.0 Å². The average Bonchev–Trinajstić information content (AvgIpc) is 3.49. The van der Waals surface area contributed by atoms with Gasteiger partial charge in [0.25, 0.3) is 0 Å². The molecule has 1 saturated heterocycles. The van der Waals surface area contributed by atoms with Crippen LogP contribution in [0.4, 0.5) is 21.0 Å². The molecule has 3 rings (SSSR count). The van der Waals surface area contributed by atoms with Gasteiger partial charge in [-0.15, -0.1) is 0 Å². The van der Waals surface area contributed by atoms with Crippen LogP contribution >= 0.6 is 0 Å². The zero-order chi connectivity index (χ0) is 29.5. The molecule has 0 saturated carbocycles. The van der Waals surface area contributed by atoms with E-state index >= 15 is 0 Å². The number of nitrogens with zero attached hydrogens (tertiary/aromatic N) is 6. The number of nitrogens with two attached hydrogens (primary N) is 1. The number of alkyl carbamates (subject to hydrolysis) is 1. The number of hydrogen-bond acceptors (Lipinski definition) is 10. The second-order valence-corrected chi connectivity index (χ2v) is 11.8. The van der Waals surface area contributed by atoms with Gasteiger partial charge < -0.3 is 35.3 Å². The Balaban J connectivity index is 1.69. The summed E-state index contributed by atoms with van der Waals surface area (Å²) in [6, 6.07) is 0. The molecule has 0 aliphatic carbocycles. The van der Waals surface area contributed by atoms with Crippen molar-refractivity contribution in [3.8, 4) is 0 Å². The summed E-state index contributed by atoms with van der Waals surface area (Å²) in [4.78, 5) is 32.1. The average molecular weight is 562 g/mol. The molecule has 2 aromatic rings. The van der Waals surface area contributed by atoms with Crippen molar-refractivity contribution in [1.29, 1.82) is 0 Å². The lowest BCUT2D eigenvalue weighted by atomic mass is 10.1. The molecule has 4 N–H and O–H groups in total. The first-order chi connectivity index (χ1) is 18.8. The molecule has 1 aliphatic heterocycles. The number of aliphatic imine (C=N–C) groups is 1. The van der Waals surface area contributed by atoms with E-state index in [1.54, 1.807) is 12.5 Å². The van der Waals surface area contributed by atoms with E-state index in [-0.39, 0.29) is 18.0 Å². The minimum Gasteiger partial charge on any atom is -0.481 e. The Morgan fingerprint density at radius 1 is 1.23 bits per heavy atom. The quantitative estimate of drug-likeness (QED) is 0.210. The molecule has 0 aromatic carbocycles. The summed E-state index contributed by atoms with van der Waals surface area (Å²) < 4.78 is 26.5. The monoisotopic (exact) mass is 561 g/mol. The van der Waals surface area contributed by atoms with Crippen LogP contribution in [0, 0.1) is 0 Å². The Morgan fingerprint density at radius 2 is 1.98 bits per heavy atom. The number of carbonyl (C=O) groups excluding carboxylic acids is 1. The highest BCUT2D eigenvalue weighted by molar-refractivity contribution is 5.90. The summed E-state index contributed by atoms with van der Waals surface area (Å²) in [7, 11) is 1.48. The maximum atomic E-state index is 14.0. The van der Waals surface area contributed by atoms with Crippen LogP contribution in [-0.2, 0) is 15.0 Å². The number of halogens is 1. The summed E-state index contributed by atoms with van der Waals surface area (Å²) in [6.07, 6.45) is 4.96. The van der Waals surface area contributed by atoms with Gasteiger partial charge >= 0.3 is 6.09 Å². The fraction of sp³-hybridized carbons (Fsp3) is 0.667. The fourth-order valence-corrected chi connectivity index (χ4v) is 4.07. The van der Waals surface area contributed by atoms with Crippen LogP contribution in [-0.4, -0.2) is 76.9 Å². The van der Waals surface area contributed by atoms with E-state index in [1.807, 2.05) is 30.2 Å². The van der Waals surface area contributed by atoms with Crippen molar-refractivity contribution >= 4 is 35.2 Å². The van der Waals surface area contributed by atoms with Gasteiger partial charge in [0.05, 0.1) is 26.2 Å².